The molecule has 5 aromatic heterocycles. The number of amides is 5. The lowest BCUT2D eigenvalue weighted by molar-refractivity contribution is -0.141. The van der Waals surface area contributed by atoms with Crippen LogP contribution in [0.1, 0.15) is 110 Å². The molecule has 10 aromatic carbocycles. The van der Waals surface area contributed by atoms with Gasteiger partial charge in [0.05, 0.1) is 48.0 Å². The molecule has 630 valence electrons. The fourth-order valence-corrected chi connectivity index (χ4v) is 16.3. The molecule has 2 unspecified atom stereocenters. The van der Waals surface area contributed by atoms with Gasteiger partial charge in [0.2, 0.25) is 11.8 Å². The molecule has 10 heterocycles. The van der Waals surface area contributed by atoms with Crippen molar-refractivity contribution in [2.24, 2.45) is 0 Å². The fraction of sp³-hybridized carbons (Fsp3) is 0.216. The van der Waals surface area contributed by atoms with Gasteiger partial charge in [-0.3, -0.25) is 39.9 Å². The van der Waals surface area contributed by atoms with Crippen molar-refractivity contribution in [3.63, 3.8) is 0 Å². The highest BCUT2D eigenvalue weighted by atomic mass is 16.6. The first-order chi connectivity index (χ1) is 61.4. The number of aliphatic hydroxyl groups excluding tert-OH is 1. The summed E-state index contributed by atoms with van der Waals surface area (Å²) in [7, 11) is 0. The summed E-state index contributed by atoms with van der Waals surface area (Å²) in [4.78, 5) is 72.2. The van der Waals surface area contributed by atoms with E-state index in [1.165, 1.54) is 5.56 Å². The average molecular weight is 1660 g/mol. The number of aromatic amines is 5. The predicted molar refractivity (Wildman–Crippen MR) is 480 cm³/mol. The largest absolute Gasteiger partial charge is 0.445 e. The summed E-state index contributed by atoms with van der Waals surface area (Å²) in [6.45, 7) is 8.29. The molecule has 0 saturated carbocycles. The van der Waals surface area contributed by atoms with Gasteiger partial charge in [-0.15, -0.1) is 0 Å². The van der Waals surface area contributed by atoms with Crippen LogP contribution in [0.3, 0.4) is 0 Å². The van der Waals surface area contributed by atoms with Crippen molar-refractivity contribution in [1.82, 2.24) is 75.5 Å². The van der Waals surface area contributed by atoms with E-state index in [2.05, 4.69) is 87.4 Å². The molecule has 5 aliphatic heterocycles. The monoisotopic (exact) mass is 1660 g/mol. The predicted octanol–water partition coefficient (Wildman–Crippen LogP) is 17.6. The van der Waals surface area contributed by atoms with Crippen LogP contribution in [-0.2, 0) is 108 Å². The van der Waals surface area contributed by atoms with Crippen molar-refractivity contribution in [1.29, 1.82) is 0 Å². The van der Waals surface area contributed by atoms with Gasteiger partial charge in [-0.2, -0.15) is 25.5 Å². The summed E-state index contributed by atoms with van der Waals surface area (Å²) in [5.74, 6) is 0.124. The number of hydrogen-bond acceptors (Lipinski definition) is 13. The third-order valence-electron chi connectivity index (χ3n) is 23.2. The summed E-state index contributed by atoms with van der Waals surface area (Å²) < 4.78 is 11.1. The Morgan fingerprint density at radius 2 is 0.608 bits per heavy atom. The Labute approximate surface area is 726 Å². The van der Waals surface area contributed by atoms with Gasteiger partial charge in [0.15, 0.2) is 6.10 Å². The van der Waals surface area contributed by atoms with Crippen LogP contribution in [0.4, 0.5) is 9.59 Å². The number of fused-ring (bicyclic) bond motifs is 5. The van der Waals surface area contributed by atoms with Crippen LogP contribution in [0, 0.1) is 0 Å². The number of aryl methyl sites for hydroxylation is 1. The zero-order valence-electron chi connectivity index (χ0n) is 69.7. The summed E-state index contributed by atoms with van der Waals surface area (Å²) in [6, 6.07) is 99.0. The summed E-state index contributed by atoms with van der Waals surface area (Å²) in [5, 5.41) is 48.4. The molecule has 0 aliphatic carbocycles. The maximum absolute atomic E-state index is 12.7. The molecule has 0 fully saturated rings. The number of rotatable bonds is 16. The second kappa shape index (κ2) is 40.7. The van der Waals surface area contributed by atoms with Crippen LogP contribution in [0.5, 0.6) is 0 Å². The maximum atomic E-state index is 12.7. The molecular weight excluding hydrogens is 1560 g/mol. The Kier molecular flexibility index (Phi) is 27.3. The van der Waals surface area contributed by atoms with E-state index in [4.69, 9.17) is 9.47 Å². The number of carbonyl (C=O) groups is 5. The van der Waals surface area contributed by atoms with Crippen LogP contribution in [0.25, 0.3) is 56.3 Å². The molecule has 0 saturated heterocycles. The summed E-state index contributed by atoms with van der Waals surface area (Å²) in [6.07, 6.45) is 3.72. The number of nitrogens with zero attached hydrogens (tertiary/aromatic N) is 10. The Morgan fingerprint density at radius 3 is 0.976 bits per heavy atom. The van der Waals surface area contributed by atoms with Gasteiger partial charge >= 0.3 is 12.2 Å². The zero-order valence-corrected chi connectivity index (χ0v) is 69.7. The van der Waals surface area contributed by atoms with Gasteiger partial charge in [0.25, 0.3) is 5.91 Å². The molecule has 0 bridgehead atoms. The van der Waals surface area contributed by atoms with E-state index in [1.54, 1.807) is 26.8 Å². The van der Waals surface area contributed by atoms with Gasteiger partial charge in [-0.1, -0.05) is 303 Å². The fourth-order valence-electron chi connectivity index (χ4n) is 16.3. The number of ether oxygens (including phenoxy) is 2. The minimum atomic E-state index is -1.13. The van der Waals surface area contributed by atoms with Gasteiger partial charge in [0.1, 0.15) is 12.7 Å². The van der Waals surface area contributed by atoms with E-state index in [9.17, 15) is 29.1 Å². The number of H-pyrrole nitrogens is 5. The minimum Gasteiger partial charge on any atom is -0.445 e. The van der Waals surface area contributed by atoms with Crippen LogP contribution in [0.15, 0.2) is 303 Å². The molecule has 15 aromatic rings. The van der Waals surface area contributed by atoms with Crippen molar-refractivity contribution < 1.29 is 38.6 Å². The van der Waals surface area contributed by atoms with E-state index in [0.29, 0.717) is 83.8 Å². The first kappa shape index (κ1) is 83.8. The van der Waals surface area contributed by atoms with Crippen LogP contribution in [0.2, 0.25) is 0 Å². The van der Waals surface area contributed by atoms with Gasteiger partial charge in [0, 0.05) is 175 Å². The Balaban J connectivity index is 0.000000115. The molecular formula is C102H99N15O8. The number of benzene rings is 10. The Morgan fingerprint density at radius 1 is 0.328 bits per heavy atom. The molecule has 6 N–H and O–H groups in total. The molecule has 0 radical (unpaired) electrons. The number of aliphatic hydroxyl groups is 1. The van der Waals surface area contributed by atoms with E-state index < -0.39 is 6.10 Å². The van der Waals surface area contributed by atoms with Gasteiger partial charge < -0.3 is 39.1 Å². The second-order valence-electron chi connectivity index (χ2n) is 31.4. The SMILES string of the molecule is CC(OC(=O)N1CCc2[nH]nc(-c3ccccc3)c2C1)c1ccccc1.O=C(C(O)c1ccccc1)N1CCc2[nH]nc(-c3ccccc3)c2C1.O=C(CCc1ccccc1)N1CCc2[nH]nc(-c3ccccc3)c2C1.O=C(Cc1ccccc1)N1CCc2[nH]nc(-c3ccccc3)c2C1.O=C(OCc1ccccc1)N1CCc2[nH]nc(-c3ccccc3)c2C1. The highest BCUT2D eigenvalue weighted by molar-refractivity contribution is 5.83. The molecule has 0 spiro atoms. The number of aromatic nitrogens is 10. The molecule has 125 heavy (non-hydrogen) atoms. The lowest BCUT2D eigenvalue weighted by Gasteiger charge is -2.29. The van der Waals surface area contributed by atoms with Crippen molar-refractivity contribution in [2.75, 3.05) is 32.7 Å². The van der Waals surface area contributed by atoms with Gasteiger partial charge in [-0.25, -0.2) is 9.59 Å². The van der Waals surface area contributed by atoms with Crippen LogP contribution >= 0.6 is 0 Å². The van der Waals surface area contributed by atoms with E-state index in [0.717, 1.165) is 174 Å². The lowest BCUT2D eigenvalue weighted by Crippen LogP contribution is -2.39. The smallest absolute Gasteiger partial charge is 0.410 e. The highest BCUT2D eigenvalue weighted by Crippen LogP contribution is 2.36. The molecule has 20 rings (SSSR count). The highest BCUT2D eigenvalue weighted by Gasteiger charge is 2.34. The minimum absolute atomic E-state index is 0.173. The average Bonchev–Trinajstić information content (AvgIpc) is 1.69. The number of nitrogens with one attached hydrogen (secondary N) is 5. The third kappa shape index (κ3) is 20.9. The topological polar surface area (TPSA) is 284 Å². The second-order valence-corrected chi connectivity index (χ2v) is 31.4. The maximum Gasteiger partial charge on any atom is 0.410 e. The molecule has 23 heteroatoms. The van der Waals surface area contributed by atoms with Crippen LogP contribution in [-0.4, -0.2) is 143 Å². The Hall–Kier alpha value is -14.8. The quantitative estimate of drug-likeness (QED) is 0.0525. The van der Waals surface area contributed by atoms with E-state index in [1.807, 2.05) is 272 Å². The molecule has 5 aliphatic rings. The first-order valence-electron chi connectivity index (χ1n) is 42.6. The number of hydrogen-bond donors (Lipinski definition) is 6. The normalized spacial score (nSPS) is 14.0. The van der Waals surface area contributed by atoms with E-state index >= 15 is 0 Å². The van der Waals surface area contributed by atoms with Crippen molar-refractivity contribution >= 4 is 29.9 Å². The summed E-state index contributed by atoms with van der Waals surface area (Å²) in [5.41, 5.74) is 25.9. The van der Waals surface area contributed by atoms with Gasteiger partial charge in [-0.05, 0) is 41.2 Å². The summed E-state index contributed by atoms with van der Waals surface area (Å²) >= 11 is 0. The number of carbonyl (C=O) groups excluding carboxylic acids is 5. The molecule has 23 nitrogen and oxygen atoms in total. The van der Waals surface area contributed by atoms with Crippen molar-refractivity contribution in [3.8, 4) is 56.3 Å². The first-order valence-corrected chi connectivity index (χ1v) is 42.6. The lowest BCUT2D eigenvalue weighted by atomic mass is 10.00. The third-order valence-corrected chi connectivity index (χ3v) is 23.2. The zero-order chi connectivity index (χ0) is 85.6. The molecule has 5 amide bonds. The Bertz CT molecular complexity index is 5890. The molecule has 2 atom stereocenters. The van der Waals surface area contributed by atoms with Crippen molar-refractivity contribution in [2.45, 2.75) is 110 Å². The van der Waals surface area contributed by atoms with Crippen molar-refractivity contribution in [3.05, 3.63) is 387 Å². The van der Waals surface area contributed by atoms with Crippen LogP contribution < -0.4 is 0 Å². The van der Waals surface area contributed by atoms with E-state index in [-0.39, 0.29) is 36.0 Å². The standard InChI is InChI=1S/C21H21N3O2.C21H21N3O.2C20H19N3O2.C20H19N3O/c1-15(16-8-4-2-5-9-16)26-21(25)24-13-12-19-18(14-24)20(23-22-19)17-10-6-3-7-11-17;25-20(12-11-16-7-3-1-4-8-16)24-14-13-19-18(15-24)21(23-22-19)17-9-5-2-6-10-17;24-20(25-14-15-7-3-1-4-8-15)23-12-11-18-17(13-23)19(22-21-18)16-9-5-2-6-10-16;24-19(15-9-5-2-6-10-15)20(25)23-12-11-17-16(13-23)18(22-21-17)14-7-3-1-4-8-14;24-19(13-15-7-3-1-4-8-15)23-12-11-18-17(14-23)20(22-21-18)16-9-5-2-6-10-16/h2-11,15H,12-14H2,1H3,(H,22,23);1-10H,11-15H2,(H,22,23);1-10H,11-14H2,(H,21,22);1-10,19,24H,11-13H2,(H,21,22);1-10H,11-14H2,(H,21,22).